The summed E-state index contributed by atoms with van der Waals surface area (Å²) >= 11 is 9.36. The van der Waals surface area contributed by atoms with Crippen LogP contribution < -0.4 is 0 Å². The van der Waals surface area contributed by atoms with Crippen molar-refractivity contribution < 1.29 is 4.42 Å². The maximum absolute atomic E-state index is 5.87. The van der Waals surface area contributed by atoms with Crippen molar-refractivity contribution in [1.29, 1.82) is 0 Å². The molecule has 0 saturated heterocycles. The van der Waals surface area contributed by atoms with E-state index in [1.54, 1.807) is 0 Å². The van der Waals surface area contributed by atoms with E-state index >= 15 is 0 Å². The third kappa shape index (κ3) is 2.04. The summed E-state index contributed by atoms with van der Waals surface area (Å²) in [4.78, 5) is 4.49. The van der Waals surface area contributed by atoms with Crippen LogP contribution >= 0.6 is 27.5 Å². The Hall–Kier alpha value is -1.32. The average Bonchev–Trinajstić information content (AvgIpc) is 2.74. The third-order valence-electron chi connectivity index (χ3n) is 2.68. The van der Waals surface area contributed by atoms with Crippen molar-refractivity contribution >= 4 is 38.6 Å². The van der Waals surface area contributed by atoms with Crippen molar-refractivity contribution in [3.8, 4) is 11.5 Å². The van der Waals surface area contributed by atoms with Gasteiger partial charge in [-0.05, 0) is 64.8 Å². The van der Waals surface area contributed by atoms with Gasteiger partial charge in [-0.15, -0.1) is 0 Å². The van der Waals surface area contributed by atoms with Crippen LogP contribution in [0.1, 0.15) is 5.56 Å². The Morgan fingerprint density at radius 2 is 1.89 bits per heavy atom. The second-order valence-electron chi connectivity index (χ2n) is 4.12. The number of rotatable bonds is 1. The second kappa shape index (κ2) is 4.41. The standard InChI is InChI=1S/C14H9BrClNO/c1-8-6-11(15)13-12(7-8)17-14(18-13)9-2-4-10(16)5-3-9/h2-7H,1H3. The van der Waals surface area contributed by atoms with Gasteiger partial charge in [-0.2, -0.15) is 0 Å². The number of hydrogen-bond acceptors (Lipinski definition) is 2. The van der Waals surface area contributed by atoms with Crippen molar-refractivity contribution in [2.75, 3.05) is 0 Å². The van der Waals surface area contributed by atoms with E-state index in [-0.39, 0.29) is 0 Å². The number of aromatic nitrogens is 1. The quantitative estimate of drug-likeness (QED) is 0.614. The van der Waals surface area contributed by atoms with Gasteiger partial charge in [-0.25, -0.2) is 4.98 Å². The molecule has 1 heterocycles. The van der Waals surface area contributed by atoms with Crippen LogP contribution in [0.2, 0.25) is 5.02 Å². The van der Waals surface area contributed by atoms with Crippen molar-refractivity contribution in [3.63, 3.8) is 0 Å². The molecule has 0 unspecified atom stereocenters. The Bertz CT molecular complexity index is 718. The summed E-state index contributed by atoms with van der Waals surface area (Å²) in [6.07, 6.45) is 0. The molecule has 0 saturated carbocycles. The van der Waals surface area contributed by atoms with Crippen LogP contribution in [-0.4, -0.2) is 4.98 Å². The second-order valence-corrected chi connectivity index (χ2v) is 5.41. The van der Waals surface area contributed by atoms with Crippen LogP contribution in [0.3, 0.4) is 0 Å². The molecule has 0 amide bonds. The molecular weight excluding hydrogens is 314 g/mol. The normalized spacial score (nSPS) is 11.1. The molecule has 0 aliphatic carbocycles. The minimum atomic E-state index is 0.605. The number of hydrogen-bond donors (Lipinski definition) is 0. The first kappa shape index (κ1) is 11.8. The maximum Gasteiger partial charge on any atom is 0.227 e. The molecule has 3 aromatic rings. The lowest BCUT2D eigenvalue weighted by atomic mass is 10.2. The molecule has 0 spiro atoms. The molecule has 0 bridgehead atoms. The predicted octanol–water partition coefficient (Wildman–Crippen LogP) is 5.22. The van der Waals surface area contributed by atoms with Crippen LogP contribution in [0, 0.1) is 6.92 Å². The number of halogens is 2. The summed E-state index contributed by atoms with van der Waals surface area (Å²) in [6.45, 7) is 2.03. The van der Waals surface area contributed by atoms with Crippen LogP contribution in [-0.2, 0) is 0 Å². The van der Waals surface area contributed by atoms with Gasteiger partial charge in [0.1, 0.15) is 5.52 Å². The van der Waals surface area contributed by atoms with E-state index in [1.165, 1.54) is 0 Å². The predicted molar refractivity (Wildman–Crippen MR) is 76.9 cm³/mol. The highest BCUT2D eigenvalue weighted by Gasteiger charge is 2.11. The number of nitrogens with zero attached hydrogens (tertiary/aromatic N) is 1. The van der Waals surface area contributed by atoms with E-state index in [2.05, 4.69) is 20.9 Å². The zero-order chi connectivity index (χ0) is 12.7. The first-order valence-corrected chi connectivity index (χ1v) is 6.63. The molecule has 0 radical (unpaired) electrons. The number of oxazole rings is 1. The van der Waals surface area contributed by atoms with Gasteiger partial charge in [0.15, 0.2) is 5.58 Å². The lowest BCUT2D eigenvalue weighted by Gasteiger charge is -1.94. The Morgan fingerprint density at radius 3 is 2.61 bits per heavy atom. The first-order chi connectivity index (χ1) is 8.63. The van der Waals surface area contributed by atoms with Crippen molar-refractivity contribution in [1.82, 2.24) is 4.98 Å². The van der Waals surface area contributed by atoms with Gasteiger partial charge in [0, 0.05) is 10.6 Å². The molecule has 2 aromatic carbocycles. The Morgan fingerprint density at radius 1 is 1.17 bits per heavy atom. The molecule has 0 aliphatic rings. The zero-order valence-corrected chi connectivity index (χ0v) is 11.9. The third-order valence-corrected chi connectivity index (χ3v) is 3.52. The van der Waals surface area contributed by atoms with Crippen molar-refractivity contribution in [2.45, 2.75) is 6.92 Å². The SMILES string of the molecule is Cc1cc(Br)c2oc(-c3ccc(Cl)cc3)nc2c1. The molecule has 0 fully saturated rings. The topological polar surface area (TPSA) is 26.0 Å². The van der Waals surface area contributed by atoms with E-state index in [0.29, 0.717) is 10.9 Å². The summed E-state index contributed by atoms with van der Waals surface area (Å²) in [5.74, 6) is 0.605. The lowest BCUT2D eigenvalue weighted by Crippen LogP contribution is -1.76. The lowest BCUT2D eigenvalue weighted by molar-refractivity contribution is 0.618. The summed E-state index contributed by atoms with van der Waals surface area (Å²) in [6, 6.07) is 11.5. The van der Waals surface area contributed by atoms with Gasteiger partial charge in [-0.3, -0.25) is 0 Å². The Kier molecular flexibility index (Phi) is 2.88. The van der Waals surface area contributed by atoms with Crippen LogP contribution in [0.25, 0.3) is 22.6 Å². The van der Waals surface area contributed by atoms with Crippen LogP contribution in [0.15, 0.2) is 45.3 Å². The van der Waals surface area contributed by atoms with E-state index in [4.69, 9.17) is 16.0 Å². The largest absolute Gasteiger partial charge is 0.435 e. The van der Waals surface area contributed by atoms with Gasteiger partial charge in [0.25, 0.3) is 0 Å². The number of aryl methyl sites for hydroxylation is 1. The highest BCUT2D eigenvalue weighted by molar-refractivity contribution is 9.10. The Balaban J connectivity index is 2.19. The molecule has 0 aliphatic heterocycles. The molecule has 0 atom stereocenters. The van der Waals surface area contributed by atoms with E-state index in [0.717, 1.165) is 26.7 Å². The summed E-state index contributed by atoms with van der Waals surface area (Å²) in [7, 11) is 0. The maximum atomic E-state index is 5.87. The summed E-state index contributed by atoms with van der Waals surface area (Å²) in [5, 5.41) is 0.701. The fourth-order valence-electron chi connectivity index (χ4n) is 1.84. The zero-order valence-electron chi connectivity index (χ0n) is 9.58. The first-order valence-electron chi connectivity index (χ1n) is 5.46. The molecule has 1 aromatic heterocycles. The molecule has 0 N–H and O–H groups in total. The summed E-state index contributed by atoms with van der Waals surface area (Å²) < 4.78 is 6.70. The number of benzene rings is 2. The minimum absolute atomic E-state index is 0.605. The fraction of sp³-hybridized carbons (Fsp3) is 0.0714. The fourth-order valence-corrected chi connectivity index (χ4v) is 2.61. The highest BCUT2D eigenvalue weighted by atomic mass is 79.9. The van der Waals surface area contributed by atoms with Crippen LogP contribution in [0.5, 0.6) is 0 Å². The van der Waals surface area contributed by atoms with Gasteiger partial charge >= 0.3 is 0 Å². The average molecular weight is 323 g/mol. The van der Waals surface area contributed by atoms with Crippen molar-refractivity contribution in [3.05, 3.63) is 51.5 Å². The van der Waals surface area contributed by atoms with Crippen LogP contribution in [0.4, 0.5) is 0 Å². The molecule has 90 valence electrons. The van der Waals surface area contributed by atoms with E-state index in [1.807, 2.05) is 43.3 Å². The molecular formula is C14H9BrClNO. The monoisotopic (exact) mass is 321 g/mol. The van der Waals surface area contributed by atoms with Gasteiger partial charge in [0.05, 0.1) is 4.47 Å². The number of fused-ring (bicyclic) bond motifs is 1. The van der Waals surface area contributed by atoms with E-state index in [9.17, 15) is 0 Å². The van der Waals surface area contributed by atoms with E-state index < -0.39 is 0 Å². The molecule has 3 rings (SSSR count). The highest BCUT2D eigenvalue weighted by Crippen LogP contribution is 2.30. The molecule has 18 heavy (non-hydrogen) atoms. The minimum Gasteiger partial charge on any atom is -0.435 e. The Labute approximate surface area is 118 Å². The summed E-state index contributed by atoms with van der Waals surface area (Å²) in [5.41, 5.74) is 3.68. The smallest absolute Gasteiger partial charge is 0.227 e. The van der Waals surface area contributed by atoms with Gasteiger partial charge in [-0.1, -0.05) is 11.6 Å². The van der Waals surface area contributed by atoms with Gasteiger partial charge in [0.2, 0.25) is 5.89 Å². The van der Waals surface area contributed by atoms with Crippen molar-refractivity contribution in [2.24, 2.45) is 0 Å². The molecule has 4 heteroatoms. The van der Waals surface area contributed by atoms with Gasteiger partial charge < -0.3 is 4.42 Å². The molecule has 2 nitrogen and oxygen atoms in total.